The number of aryl methyl sites for hydroxylation is 1. The van der Waals surface area contributed by atoms with E-state index in [1.165, 1.54) is 4.90 Å². The Morgan fingerprint density at radius 2 is 1.58 bits per heavy atom. The number of aromatic nitrogens is 1. The number of rotatable bonds is 21. The number of hydrogen-bond acceptors (Lipinski definition) is 11. The molecule has 4 N–H and O–H groups in total. The molecule has 1 saturated heterocycles. The maximum absolute atomic E-state index is 13.8. The Kier molecular flexibility index (Phi) is 16.9. The summed E-state index contributed by atoms with van der Waals surface area (Å²) in [5.74, 6) is -1.09. The van der Waals surface area contributed by atoms with Crippen LogP contribution in [0, 0.1) is 12.3 Å². The van der Waals surface area contributed by atoms with Crippen LogP contribution in [0.5, 0.6) is 0 Å². The average molecular weight is 692 g/mol. The van der Waals surface area contributed by atoms with E-state index in [1.807, 2.05) is 64.5 Å². The molecule has 0 bridgehead atoms. The Hall–Kier alpha value is -2.98. The number of nitrogens with zero attached hydrogens (tertiary/aromatic N) is 2. The predicted octanol–water partition coefficient (Wildman–Crippen LogP) is 1.90. The number of thiazole rings is 1. The van der Waals surface area contributed by atoms with Gasteiger partial charge >= 0.3 is 0 Å². The number of carbonyl (C=O) groups is 3. The summed E-state index contributed by atoms with van der Waals surface area (Å²) in [5.41, 5.74) is 4.11. The smallest absolute Gasteiger partial charge is 0.246 e. The minimum atomic E-state index is -0.898. The number of likely N-dealkylation sites (tertiary alicyclic amines) is 1. The first kappa shape index (κ1) is 39.5. The summed E-state index contributed by atoms with van der Waals surface area (Å²) in [6.45, 7) is 12.0. The molecule has 0 saturated carbocycles. The Labute approximate surface area is 288 Å². The lowest BCUT2D eigenvalue weighted by molar-refractivity contribution is -0.144. The van der Waals surface area contributed by atoms with Gasteiger partial charge in [0.2, 0.25) is 17.7 Å². The van der Waals surface area contributed by atoms with Crippen LogP contribution in [0.2, 0.25) is 0 Å². The average Bonchev–Trinajstić information content (AvgIpc) is 3.67. The molecular weight excluding hydrogens is 638 g/mol. The Bertz CT molecular complexity index is 1270. The van der Waals surface area contributed by atoms with E-state index in [1.54, 1.807) is 11.3 Å². The molecule has 13 nitrogen and oxygen atoms in total. The number of ether oxygens (including phenoxy) is 4. The SMILES string of the molecule is CNCCOCCOCCOCCOCCC(=O)N[C@H](C(=O)N1C[C@H](O)C[C@H]1C(=O)NCc1ccc(-c2scnc2C)cc1)C(C)(C)C. The number of amides is 3. The second kappa shape index (κ2) is 20.5. The van der Waals surface area contributed by atoms with Gasteiger partial charge in [-0.05, 0) is 30.5 Å². The Balaban J connectivity index is 1.40. The van der Waals surface area contributed by atoms with Gasteiger partial charge in [0.15, 0.2) is 0 Å². The van der Waals surface area contributed by atoms with Gasteiger partial charge in [0, 0.05) is 32.5 Å². The molecule has 0 unspecified atom stereocenters. The highest BCUT2D eigenvalue weighted by Crippen LogP contribution is 2.28. The topological polar surface area (TPSA) is 161 Å². The molecule has 48 heavy (non-hydrogen) atoms. The highest BCUT2D eigenvalue weighted by molar-refractivity contribution is 7.13. The van der Waals surface area contributed by atoms with Crippen molar-refractivity contribution >= 4 is 29.1 Å². The molecule has 268 valence electrons. The first-order valence-corrected chi connectivity index (χ1v) is 17.4. The zero-order valence-electron chi connectivity index (χ0n) is 28.9. The molecule has 3 amide bonds. The van der Waals surface area contributed by atoms with Crippen molar-refractivity contribution in [1.29, 1.82) is 0 Å². The van der Waals surface area contributed by atoms with Gasteiger partial charge in [0.05, 0.1) is 75.0 Å². The summed E-state index contributed by atoms with van der Waals surface area (Å²) in [6.07, 6.45) is -0.656. The van der Waals surface area contributed by atoms with Crippen molar-refractivity contribution in [3.05, 3.63) is 41.0 Å². The van der Waals surface area contributed by atoms with E-state index in [4.69, 9.17) is 18.9 Å². The molecule has 0 radical (unpaired) electrons. The predicted molar refractivity (Wildman–Crippen MR) is 183 cm³/mol. The van der Waals surface area contributed by atoms with Gasteiger partial charge < -0.3 is 44.9 Å². The summed E-state index contributed by atoms with van der Waals surface area (Å²) in [4.78, 5) is 46.7. The molecule has 1 aliphatic heterocycles. The largest absolute Gasteiger partial charge is 0.391 e. The number of likely N-dealkylation sites (N-methyl/N-ethyl adjacent to an activating group) is 1. The molecular formula is C34H53N5O8S. The molecule has 3 rings (SSSR count). The van der Waals surface area contributed by atoms with Crippen LogP contribution in [0.1, 0.15) is 44.9 Å². The Morgan fingerprint density at radius 1 is 0.979 bits per heavy atom. The fourth-order valence-corrected chi connectivity index (χ4v) is 5.93. The number of aliphatic hydroxyl groups is 1. The third-order valence-corrected chi connectivity index (χ3v) is 8.77. The van der Waals surface area contributed by atoms with Crippen molar-refractivity contribution < 1.29 is 38.4 Å². The highest BCUT2D eigenvalue weighted by atomic mass is 32.1. The number of β-amino-alcohol motifs (C(OH)–C–C–N with tert-alkyl or cyclic N) is 1. The van der Waals surface area contributed by atoms with Gasteiger partial charge in [-0.25, -0.2) is 4.98 Å². The summed E-state index contributed by atoms with van der Waals surface area (Å²) in [6, 6.07) is 6.14. The zero-order valence-corrected chi connectivity index (χ0v) is 29.7. The maximum Gasteiger partial charge on any atom is 0.246 e. The monoisotopic (exact) mass is 691 g/mol. The van der Waals surface area contributed by atoms with Crippen LogP contribution in [-0.2, 0) is 39.9 Å². The normalized spacial score (nSPS) is 17.0. The van der Waals surface area contributed by atoms with E-state index < -0.39 is 29.5 Å². The number of hydrogen-bond donors (Lipinski definition) is 4. The molecule has 14 heteroatoms. The van der Waals surface area contributed by atoms with Crippen molar-refractivity contribution in [1.82, 2.24) is 25.8 Å². The zero-order chi connectivity index (χ0) is 34.9. The van der Waals surface area contributed by atoms with E-state index in [-0.39, 0.29) is 44.4 Å². The lowest BCUT2D eigenvalue weighted by Gasteiger charge is -2.35. The van der Waals surface area contributed by atoms with Gasteiger partial charge in [0.1, 0.15) is 12.1 Å². The van der Waals surface area contributed by atoms with Crippen molar-refractivity contribution in [3.8, 4) is 10.4 Å². The van der Waals surface area contributed by atoms with Crippen molar-refractivity contribution in [2.75, 3.05) is 73.0 Å². The molecule has 3 atom stereocenters. The third kappa shape index (κ3) is 13.1. The fourth-order valence-electron chi connectivity index (χ4n) is 5.11. The summed E-state index contributed by atoms with van der Waals surface area (Å²) < 4.78 is 21.8. The van der Waals surface area contributed by atoms with Gasteiger partial charge in [0.25, 0.3) is 0 Å². The van der Waals surface area contributed by atoms with E-state index in [9.17, 15) is 19.5 Å². The second-order valence-corrected chi connectivity index (χ2v) is 13.6. The lowest BCUT2D eigenvalue weighted by Crippen LogP contribution is -2.57. The minimum absolute atomic E-state index is 0.0148. The van der Waals surface area contributed by atoms with Crippen LogP contribution >= 0.6 is 11.3 Å². The molecule has 2 aromatic rings. The van der Waals surface area contributed by atoms with Crippen LogP contribution in [0.25, 0.3) is 10.4 Å². The van der Waals surface area contributed by atoms with Crippen LogP contribution < -0.4 is 16.0 Å². The van der Waals surface area contributed by atoms with Crippen LogP contribution in [0.4, 0.5) is 0 Å². The molecule has 1 fully saturated rings. The Morgan fingerprint density at radius 3 is 2.15 bits per heavy atom. The number of nitrogens with one attached hydrogen (secondary N) is 3. The van der Waals surface area contributed by atoms with Crippen LogP contribution in [-0.4, -0.2) is 124 Å². The van der Waals surface area contributed by atoms with E-state index >= 15 is 0 Å². The first-order chi connectivity index (χ1) is 23.0. The highest BCUT2D eigenvalue weighted by Gasteiger charge is 2.44. The van der Waals surface area contributed by atoms with E-state index in [2.05, 4.69) is 20.9 Å². The van der Waals surface area contributed by atoms with Crippen molar-refractivity contribution in [2.24, 2.45) is 5.41 Å². The van der Waals surface area contributed by atoms with Gasteiger partial charge in [-0.1, -0.05) is 45.0 Å². The van der Waals surface area contributed by atoms with Gasteiger partial charge in [-0.2, -0.15) is 0 Å². The molecule has 1 aromatic carbocycles. The number of aliphatic hydroxyl groups excluding tert-OH is 1. The molecule has 1 aromatic heterocycles. The summed E-state index contributed by atoms with van der Waals surface area (Å²) in [7, 11) is 1.87. The van der Waals surface area contributed by atoms with Gasteiger partial charge in [-0.15, -0.1) is 11.3 Å². The second-order valence-electron chi connectivity index (χ2n) is 12.7. The summed E-state index contributed by atoms with van der Waals surface area (Å²) in [5, 5.41) is 19.2. The fraction of sp³-hybridized carbons (Fsp3) is 0.647. The van der Waals surface area contributed by atoms with Crippen molar-refractivity contribution in [3.63, 3.8) is 0 Å². The standard InChI is InChI=1S/C34H53N5O8S/c1-24-30(48-23-37-24)26-8-6-25(7-9-26)21-36-32(42)28-20-27(40)22-39(28)33(43)31(34(2,3)4)38-29(41)10-12-44-14-16-46-18-19-47-17-15-45-13-11-35-5/h6-9,23,27-28,31,35,40H,10-22H2,1-5H3,(H,36,42)(H,38,41)/t27-,28+,31-/m1/s1. The number of carbonyl (C=O) groups excluding carboxylic acids is 3. The molecule has 2 heterocycles. The van der Waals surface area contributed by atoms with E-state index in [0.717, 1.165) is 28.2 Å². The van der Waals surface area contributed by atoms with E-state index in [0.29, 0.717) is 46.2 Å². The molecule has 0 spiro atoms. The van der Waals surface area contributed by atoms with Crippen LogP contribution in [0.3, 0.4) is 0 Å². The third-order valence-electron chi connectivity index (χ3n) is 7.80. The quantitative estimate of drug-likeness (QED) is 0.143. The molecule has 0 aliphatic carbocycles. The lowest BCUT2D eigenvalue weighted by atomic mass is 9.85. The summed E-state index contributed by atoms with van der Waals surface area (Å²) >= 11 is 1.58. The maximum atomic E-state index is 13.8. The minimum Gasteiger partial charge on any atom is -0.391 e. The van der Waals surface area contributed by atoms with Crippen LogP contribution in [0.15, 0.2) is 29.8 Å². The first-order valence-electron chi connectivity index (χ1n) is 16.5. The number of benzene rings is 1. The van der Waals surface area contributed by atoms with Crippen molar-refractivity contribution in [2.45, 2.75) is 65.3 Å². The molecule has 1 aliphatic rings. The van der Waals surface area contributed by atoms with Gasteiger partial charge in [-0.3, -0.25) is 14.4 Å².